The molecule has 0 aromatic carbocycles. The molecule has 0 aliphatic rings. The zero-order valence-electron chi connectivity index (χ0n) is 14.1. The van der Waals surface area contributed by atoms with Gasteiger partial charge in [-0.25, -0.2) is 0 Å². The molecule has 124 valence electrons. The number of hydrogen-bond acceptors (Lipinski definition) is 0. The van der Waals surface area contributed by atoms with Gasteiger partial charge in [0, 0.05) is 12.3 Å². The average molecular weight is 326 g/mol. The first-order valence-corrected chi connectivity index (χ1v) is 9.19. The Hall–Kier alpha value is 0.540. The predicted octanol–water partition coefficient (Wildman–Crippen LogP) is 2.62. The van der Waals surface area contributed by atoms with Crippen molar-refractivity contribution in [2.45, 2.75) is 78.6 Å². The number of nitrogens with zero attached hydrogens (tertiary/aromatic N) is 1. The quantitative estimate of drug-likeness (QED) is 0.261. The van der Waals surface area contributed by atoms with E-state index in [2.05, 4.69) is 20.8 Å². The molecule has 0 aliphatic heterocycles. The van der Waals surface area contributed by atoms with Gasteiger partial charge >= 0.3 is 0 Å². The van der Waals surface area contributed by atoms with Crippen LogP contribution in [0.15, 0.2) is 0 Å². The van der Waals surface area contributed by atoms with Gasteiger partial charge in [-0.15, -0.1) is 11.6 Å². The highest BCUT2D eigenvalue weighted by atomic mass is 35.5. The molecule has 0 bridgehead atoms. The van der Waals surface area contributed by atoms with Gasteiger partial charge in [-0.3, -0.25) is 0 Å². The lowest BCUT2D eigenvalue weighted by Crippen LogP contribution is -3.00. The minimum Gasteiger partial charge on any atom is -1.00 e. The summed E-state index contributed by atoms with van der Waals surface area (Å²) in [6.07, 6.45) is 12.1. The molecule has 0 aliphatic carbocycles. The van der Waals surface area contributed by atoms with Crippen LogP contribution < -0.4 is 12.4 Å². The molecular formula is C17H37Cl2N. The van der Waals surface area contributed by atoms with Crippen molar-refractivity contribution in [3.63, 3.8) is 0 Å². The van der Waals surface area contributed by atoms with Gasteiger partial charge in [-0.2, -0.15) is 0 Å². The van der Waals surface area contributed by atoms with Gasteiger partial charge in [0.15, 0.2) is 0 Å². The number of hydrogen-bond donors (Lipinski definition) is 0. The molecular weight excluding hydrogens is 289 g/mol. The van der Waals surface area contributed by atoms with Crippen LogP contribution in [0.4, 0.5) is 0 Å². The van der Waals surface area contributed by atoms with Crippen molar-refractivity contribution >= 4 is 11.6 Å². The van der Waals surface area contributed by atoms with E-state index in [1.54, 1.807) is 0 Å². The van der Waals surface area contributed by atoms with Crippen molar-refractivity contribution in [3.8, 4) is 0 Å². The minimum absolute atomic E-state index is 0. The summed E-state index contributed by atoms with van der Waals surface area (Å²) in [6.45, 7) is 12.4. The second-order valence-electron chi connectivity index (χ2n) is 6.05. The molecule has 3 heteroatoms. The van der Waals surface area contributed by atoms with E-state index in [9.17, 15) is 0 Å². The van der Waals surface area contributed by atoms with Crippen LogP contribution in [0.5, 0.6) is 0 Å². The lowest BCUT2D eigenvalue weighted by Gasteiger charge is -2.39. The van der Waals surface area contributed by atoms with Gasteiger partial charge < -0.3 is 16.9 Å². The molecule has 0 unspecified atom stereocenters. The highest BCUT2D eigenvalue weighted by molar-refractivity contribution is 6.17. The van der Waals surface area contributed by atoms with Crippen molar-refractivity contribution in [1.29, 1.82) is 0 Å². The first-order valence-electron chi connectivity index (χ1n) is 8.65. The third-order valence-electron chi connectivity index (χ3n) is 4.22. The predicted molar refractivity (Wildman–Crippen MR) is 89.0 cm³/mol. The summed E-state index contributed by atoms with van der Waals surface area (Å²) in [5, 5.41) is 0. The lowest BCUT2D eigenvalue weighted by molar-refractivity contribution is -0.928. The molecule has 0 spiro atoms. The normalized spacial score (nSPS) is 11.4. The zero-order valence-corrected chi connectivity index (χ0v) is 15.6. The molecule has 0 amide bonds. The fourth-order valence-electron chi connectivity index (χ4n) is 2.95. The Labute approximate surface area is 139 Å². The maximum absolute atomic E-state index is 5.95. The maximum atomic E-state index is 5.95. The van der Waals surface area contributed by atoms with E-state index in [-0.39, 0.29) is 12.4 Å². The summed E-state index contributed by atoms with van der Waals surface area (Å²) < 4.78 is 1.35. The molecule has 0 saturated carbocycles. The van der Waals surface area contributed by atoms with Crippen LogP contribution in [-0.4, -0.2) is 36.5 Å². The largest absolute Gasteiger partial charge is 1.00 e. The van der Waals surface area contributed by atoms with E-state index < -0.39 is 0 Å². The second kappa shape index (κ2) is 15.9. The lowest BCUT2D eigenvalue weighted by atomic mass is 10.1. The number of halogens is 2. The molecule has 0 aromatic heterocycles. The smallest absolute Gasteiger partial charge is 0.0798 e. The van der Waals surface area contributed by atoms with Crippen LogP contribution in [-0.2, 0) is 0 Å². The van der Waals surface area contributed by atoms with Gasteiger partial charge in [0.1, 0.15) is 0 Å². The van der Waals surface area contributed by atoms with E-state index >= 15 is 0 Å². The summed E-state index contributed by atoms with van der Waals surface area (Å²) >= 11 is 5.95. The van der Waals surface area contributed by atoms with Crippen molar-refractivity contribution in [2.75, 3.05) is 32.1 Å². The van der Waals surface area contributed by atoms with Gasteiger partial charge in [-0.1, -0.05) is 40.0 Å². The Bertz CT molecular complexity index is 166. The fourth-order valence-corrected chi connectivity index (χ4v) is 3.07. The fraction of sp³-hybridized carbons (Fsp3) is 1.00. The molecule has 20 heavy (non-hydrogen) atoms. The van der Waals surface area contributed by atoms with E-state index in [0.29, 0.717) is 0 Å². The van der Waals surface area contributed by atoms with Crippen LogP contribution in [0.25, 0.3) is 0 Å². The number of alkyl halides is 1. The Kier molecular flexibility index (Phi) is 18.2. The third kappa shape index (κ3) is 11.2. The Morgan fingerprint density at radius 2 is 1.00 bits per heavy atom. The molecule has 0 rings (SSSR count). The number of rotatable bonds is 14. The molecule has 0 fully saturated rings. The highest BCUT2D eigenvalue weighted by Gasteiger charge is 2.25. The first kappa shape index (κ1) is 22.8. The Morgan fingerprint density at radius 1 is 0.600 bits per heavy atom. The van der Waals surface area contributed by atoms with Gasteiger partial charge in [0.05, 0.1) is 26.2 Å². The minimum atomic E-state index is 0. The summed E-state index contributed by atoms with van der Waals surface area (Å²) in [5.41, 5.74) is 0. The van der Waals surface area contributed by atoms with Crippen LogP contribution in [0, 0.1) is 0 Å². The van der Waals surface area contributed by atoms with Crippen LogP contribution >= 0.6 is 11.6 Å². The average Bonchev–Trinajstić information content (AvgIpc) is 2.43. The molecule has 0 N–H and O–H groups in total. The number of unbranched alkanes of at least 4 members (excludes halogenated alkanes) is 5. The first-order chi connectivity index (χ1) is 9.24. The molecule has 0 saturated heterocycles. The van der Waals surface area contributed by atoms with E-state index in [1.807, 2.05) is 0 Å². The maximum Gasteiger partial charge on any atom is 0.0798 e. The zero-order chi connectivity index (χ0) is 14.4. The van der Waals surface area contributed by atoms with Crippen molar-refractivity contribution in [1.82, 2.24) is 0 Å². The second-order valence-corrected chi connectivity index (χ2v) is 6.42. The van der Waals surface area contributed by atoms with E-state index in [0.717, 1.165) is 5.88 Å². The monoisotopic (exact) mass is 325 g/mol. The van der Waals surface area contributed by atoms with Crippen LogP contribution in [0.3, 0.4) is 0 Å². The van der Waals surface area contributed by atoms with E-state index in [1.165, 1.54) is 88.4 Å². The van der Waals surface area contributed by atoms with E-state index in [4.69, 9.17) is 11.6 Å². The third-order valence-corrected chi connectivity index (χ3v) is 4.49. The summed E-state index contributed by atoms with van der Waals surface area (Å²) in [6, 6.07) is 0. The van der Waals surface area contributed by atoms with Crippen LogP contribution in [0.2, 0.25) is 0 Å². The topological polar surface area (TPSA) is 0 Å². The molecule has 0 radical (unpaired) electrons. The van der Waals surface area contributed by atoms with Crippen LogP contribution in [0.1, 0.15) is 78.6 Å². The Balaban J connectivity index is 0. The van der Waals surface area contributed by atoms with Gasteiger partial charge in [-0.05, 0) is 32.1 Å². The highest BCUT2D eigenvalue weighted by Crippen LogP contribution is 2.17. The van der Waals surface area contributed by atoms with Crippen molar-refractivity contribution in [3.05, 3.63) is 0 Å². The summed E-state index contributed by atoms with van der Waals surface area (Å²) in [5.74, 6) is 0.827. The number of quaternary nitrogens is 1. The van der Waals surface area contributed by atoms with Crippen molar-refractivity contribution in [2.24, 2.45) is 0 Å². The van der Waals surface area contributed by atoms with Gasteiger partial charge in [0.2, 0.25) is 0 Å². The van der Waals surface area contributed by atoms with Gasteiger partial charge in [0.25, 0.3) is 0 Å². The molecule has 0 heterocycles. The van der Waals surface area contributed by atoms with Crippen molar-refractivity contribution < 1.29 is 16.9 Å². The molecule has 0 aromatic rings. The molecule has 0 atom stereocenters. The Morgan fingerprint density at radius 3 is 1.40 bits per heavy atom. The summed E-state index contributed by atoms with van der Waals surface area (Å²) in [7, 11) is 0. The standard InChI is InChI=1S/C17H37ClN.ClH/c1-4-7-10-15-19(14-9-6-3,17-12-13-18)16-11-8-5-2;/h4-17H2,1-3H3;1H/q+1;/p-1. The SMILES string of the molecule is CCCCC[N+](CCCC)(CCCCl)CCCCC.[Cl-]. The summed E-state index contributed by atoms with van der Waals surface area (Å²) in [4.78, 5) is 0. The molecule has 1 nitrogen and oxygen atoms in total.